The molecule has 0 unspecified atom stereocenters. The fourth-order valence-electron chi connectivity index (χ4n) is 3.73. The Bertz CT molecular complexity index is 953. The number of carbonyl (C=O) groups excluding carboxylic acids is 1. The van der Waals surface area contributed by atoms with Crippen LogP contribution in [0, 0.1) is 0 Å². The van der Waals surface area contributed by atoms with E-state index in [1.54, 1.807) is 12.4 Å². The number of para-hydroxylation sites is 1. The van der Waals surface area contributed by atoms with Gasteiger partial charge in [-0.15, -0.1) is 5.10 Å². The lowest BCUT2D eigenvalue weighted by Crippen LogP contribution is -2.49. The molecule has 25 heavy (non-hydrogen) atoms. The van der Waals surface area contributed by atoms with E-state index in [1.165, 1.54) is 0 Å². The third-order valence-corrected chi connectivity index (χ3v) is 5.05. The fourth-order valence-corrected chi connectivity index (χ4v) is 3.73. The molecule has 1 amide bonds. The van der Waals surface area contributed by atoms with E-state index in [2.05, 4.69) is 15.3 Å². The van der Waals surface area contributed by atoms with Gasteiger partial charge in [0.1, 0.15) is 0 Å². The third-order valence-electron chi connectivity index (χ3n) is 5.05. The molecule has 2 aliphatic heterocycles. The first-order valence-electron chi connectivity index (χ1n) is 8.44. The highest BCUT2D eigenvalue weighted by molar-refractivity contribution is 5.97. The molecule has 0 spiro atoms. The van der Waals surface area contributed by atoms with E-state index in [9.17, 15) is 4.79 Å². The monoisotopic (exact) mass is 335 g/mol. The number of nitrogens with zero attached hydrogens (tertiary/aromatic N) is 5. The molecular formula is C18H17N5O2. The Balaban J connectivity index is 1.42. The molecule has 0 aliphatic carbocycles. The van der Waals surface area contributed by atoms with Crippen molar-refractivity contribution in [3.63, 3.8) is 0 Å². The molecule has 2 aromatic heterocycles. The number of likely N-dealkylation sites (tertiary alicyclic amines) is 1. The summed E-state index contributed by atoms with van der Waals surface area (Å²) in [7, 11) is 0. The van der Waals surface area contributed by atoms with Crippen molar-refractivity contribution in [1.29, 1.82) is 0 Å². The zero-order valence-corrected chi connectivity index (χ0v) is 13.6. The first-order chi connectivity index (χ1) is 12.3. The average Bonchev–Trinajstić information content (AvgIpc) is 3.16. The minimum Gasteiger partial charge on any atom is -0.370 e. The number of pyridine rings is 1. The maximum Gasteiger partial charge on any atom is 0.255 e. The van der Waals surface area contributed by atoms with Crippen molar-refractivity contribution in [3.8, 4) is 0 Å². The minimum atomic E-state index is 0.00365. The van der Waals surface area contributed by atoms with Crippen LogP contribution >= 0.6 is 0 Å². The number of aromatic nitrogens is 4. The first kappa shape index (κ1) is 14.5. The van der Waals surface area contributed by atoms with E-state index in [-0.39, 0.29) is 18.1 Å². The molecule has 0 N–H and O–H groups in total. The number of fused-ring (bicyclic) bond motifs is 4. The number of piperidine rings is 1. The lowest BCUT2D eigenvalue weighted by molar-refractivity contribution is -0.0605. The van der Waals surface area contributed by atoms with Crippen LogP contribution in [0.3, 0.4) is 0 Å². The molecule has 2 atom stereocenters. The van der Waals surface area contributed by atoms with Crippen LogP contribution in [0.15, 0.2) is 42.7 Å². The Morgan fingerprint density at radius 1 is 1.24 bits per heavy atom. The summed E-state index contributed by atoms with van der Waals surface area (Å²) in [5.41, 5.74) is 2.47. The molecule has 0 radical (unpaired) electrons. The van der Waals surface area contributed by atoms with Crippen molar-refractivity contribution >= 4 is 16.8 Å². The Hall–Kier alpha value is -2.80. The average molecular weight is 335 g/mol. The Morgan fingerprint density at radius 3 is 3.12 bits per heavy atom. The van der Waals surface area contributed by atoms with Gasteiger partial charge in [0.25, 0.3) is 5.91 Å². The summed E-state index contributed by atoms with van der Waals surface area (Å²) in [6.45, 7) is 1.79. The van der Waals surface area contributed by atoms with Crippen LogP contribution in [-0.2, 0) is 11.3 Å². The first-order valence-corrected chi connectivity index (χ1v) is 8.44. The van der Waals surface area contributed by atoms with Gasteiger partial charge in [0.05, 0.1) is 41.7 Å². The van der Waals surface area contributed by atoms with Crippen LogP contribution < -0.4 is 0 Å². The van der Waals surface area contributed by atoms with Crippen molar-refractivity contribution in [2.75, 3.05) is 13.1 Å². The second-order valence-electron chi connectivity index (χ2n) is 6.54. The summed E-state index contributed by atoms with van der Waals surface area (Å²) in [4.78, 5) is 19.2. The van der Waals surface area contributed by atoms with Crippen molar-refractivity contribution in [3.05, 3.63) is 54.0 Å². The van der Waals surface area contributed by atoms with E-state index in [0.29, 0.717) is 25.3 Å². The number of hydrogen-bond donors (Lipinski definition) is 0. The molecular weight excluding hydrogens is 318 g/mol. The third kappa shape index (κ3) is 2.39. The van der Waals surface area contributed by atoms with Gasteiger partial charge < -0.3 is 9.64 Å². The van der Waals surface area contributed by atoms with E-state index in [1.807, 2.05) is 39.9 Å². The summed E-state index contributed by atoms with van der Waals surface area (Å²) < 4.78 is 7.82. The number of rotatable bonds is 1. The zero-order chi connectivity index (χ0) is 16.8. The predicted molar refractivity (Wildman–Crippen MR) is 89.9 cm³/mol. The second-order valence-corrected chi connectivity index (χ2v) is 6.54. The summed E-state index contributed by atoms with van der Waals surface area (Å²) in [5.74, 6) is 0.00365. The molecule has 1 saturated heterocycles. The highest BCUT2D eigenvalue weighted by Crippen LogP contribution is 2.30. The van der Waals surface area contributed by atoms with Gasteiger partial charge in [0, 0.05) is 24.7 Å². The molecule has 1 fully saturated rings. The van der Waals surface area contributed by atoms with E-state index in [0.717, 1.165) is 23.0 Å². The molecule has 126 valence electrons. The zero-order valence-electron chi connectivity index (χ0n) is 13.6. The van der Waals surface area contributed by atoms with Crippen LogP contribution in [0.2, 0.25) is 0 Å². The molecule has 5 rings (SSSR count). The Kier molecular flexibility index (Phi) is 3.27. The molecule has 4 heterocycles. The maximum atomic E-state index is 13.0. The van der Waals surface area contributed by atoms with E-state index < -0.39 is 0 Å². The summed E-state index contributed by atoms with van der Waals surface area (Å²) >= 11 is 0. The number of benzene rings is 1. The molecule has 7 heteroatoms. The Morgan fingerprint density at radius 2 is 2.16 bits per heavy atom. The van der Waals surface area contributed by atoms with Gasteiger partial charge in [-0.1, -0.05) is 23.4 Å². The lowest BCUT2D eigenvalue weighted by Gasteiger charge is -2.41. The summed E-state index contributed by atoms with van der Waals surface area (Å²) in [6.07, 6.45) is 4.28. The molecule has 3 aromatic rings. The predicted octanol–water partition coefficient (Wildman–Crippen LogP) is 1.81. The topological polar surface area (TPSA) is 73.1 Å². The van der Waals surface area contributed by atoms with Gasteiger partial charge in [0.2, 0.25) is 0 Å². The standard InChI is InChI=1S/C18H17N5O2/c24-18(13-7-12-3-1-2-4-15(12)19-8-13)22-6-5-17-16(10-22)23-14(11-25-17)9-20-21-23/h1-4,7-9,16-17H,5-6,10-11H2/t16-,17-/m1/s1. The van der Waals surface area contributed by atoms with E-state index in [4.69, 9.17) is 4.74 Å². The lowest BCUT2D eigenvalue weighted by atomic mass is 9.99. The van der Waals surface area contributed by atoms with Crippen molar-refractivity contribution in [1.82, 2.24) is 24.9 Å². The normalized spacial score (nSPS) is 22.5. The van der Waals surface area contributed by atoms with Crippen molar-refractivity contribution in [2.24, 2.45) is 0 Å². The van der Waals surface area contributed by atoms with Gasteiger partial charge in [0.15, 0.2) is 0 Å². The van der Waals surface area contributed by atoms with Crippen LogP contribution in [0.4, 0.5) is 0 Å². The largest absolute Gasteiger partial charge is 0.370 e. The van der Waals surface area contributed by atoms with Gasteiger partial charge in [-0.2, -0.15) is 0 Å². The molecule has 0 bridgehead atoms. The number of carbonyl (C=O) groups is 1. The van der Waals surface area contributed by atoms with Crippen LogP contribution in [0.25, 0.3) is 10.9 Å². The quantitative estimate of drug-likeness (QED) is 0.678. The maximum absolute atomic E-state index is 13.0. The molecule has 7 nitrogen and oxygen atoms in total. The number of ether oxygens (including phenoxy) is 1. The summed E-state index contributed by atoms with van der Waals surface area (Å²) in [6, 6.07) is 9.75. The van der Waals surface area contributed by atoms with Crippen molar-refractivity contribution < 1.29 is 9.53 Å². The van der Waals surface area contributed by atoms with Gasteiger partial charge >= 0.3 is 0 Å². The highest BCUT2D eigenvalue weighted by Gasteiger charge is 2.38. The Labute approximate surface area is 144 Å². The van der Waals surface area contributed by atoms with Gasteiger partial charge in [-0.3, -0.25) is 9.78 Å². The SMILES string of the molecule is O=C(c1cnc2ccccc2c1)N1CC[C@H]2OCc3cnnn3[C@@H]2C1. The minimum absolute atomic E-state index is 0.00365. The molecule has 2 aliphatic rings. The molecule has 1 aromatic carbocycles. The van der Waals surface area contributed by atoms with Crippen LogP contribution in [-0.4, -0.2) is 50.0 Å². The second kappa shape index (κ2) is 5.63. The van der Waals surface area contributed by atoms with Crippen molar-refractivity contribution in [2.45, 2.75) is 25.2 Å². The van der Waals surface area contributed by atoms with Gasteiger partial charge in [-0.25, -0.2) is 4.68 Å². The highest BCUT2D eigenvalue weighted by atomic mass is 16.5. The van der Waals surface area contributed by atoms with Crippen LogP contribution in [0.1, 0.15) is 28.5 Å². The molecule has 0 saturated carbocycles. The van der Waals surface area contributed by atoms with Crippen LogP contribution in [0.5, 0.6) is 0 Å². The summed E-state index contributed by atoms with van der Waals surface area (Å²) in [5, 5.41) is 9.14. The van der Waals surface area contributed by atoms with E-state index >= 15 is 0 Å². The fraction of sp³-hybridized carbons (Fsp3) is 0.333. The number of hydrogen-bond acceptors (Lipinski definition) is 5. The number of amides is 1. The smallest absolute Gasteiger partial charge is 0.255 e. The van der Waals surface area contributed by atoms with Gasteiger partial charge in [-0.05, 0) is 18.6 Å².